The van der Waals surface area contributed by atoms with Crippen LogP contribution in [0.25, 0.3) is 0 Å². The molecule has 0 aromatic heterocycles. The van der Waals surface area contributed by atoms with E-state index in [1.54, 1.807) is 0 Å². The summed E-state index contributed by atoms with van der Waals surface area (Å²) in [5, 5.41) is 0. The minimum atomic E-state index is -0.351. The van der Waals surface area contributed by atoms with E-state index in [2.05, 4.69) is 13.8 Å². The molecule has 5 heteroatoms. The van der Waals surface area contributed by atoms with E-state index in [0.29, 0.717) is 31.7 Å². The highest BCUT2D eigenvalue weighted by Crippen LogP contribution is 2.35. The maximum atomic E-state index is 12.7. The first-order valence-electron chi connectivity index (χ1n) is 6.69. The van der Waals surface area contributed by atoms with Crippen LogP contribution < -0.4 is 5.73 Å². The number of rotatable bonds is 2. The van der Waals surface area contributed by atoms with Crippen molar-refractivity contribution >= 4 is 18.3 Å². The van der Waals surface area contributed by atoms with Gasteiger partial charge in [0.1, 0.15) is 0 Å². The molecule has 0 aromatic carbocycles. The van der Waals surface area contributed by atoms with Crippen molar-refractivity contribution in [2.75, 3.05) is 26.3 Å². The van der Waals surface area contributed by atoms with E-state index in [0.717, 1.165) is 25.8 Å². The van der Waals surface area contributed by atoms with Gasteiger partial charge < -0.3 is 15.4 Å². The van der Waals surface area contributed by atoms with Gasteiger partial charge in [0.2, 0.25) is 5.91 Å². The summed E-state index contributed by atoms with van der Waals surface area (Å²) in [5.41, 5.74) is 5.53. The van der Waals surface area contributed by atoms with Crippen molar-refractivity contribution in [2.45, 2.75) is 39.2 Å². The third-order valence-corrected chi connectivity index (χ3v) is 4.70. The van der Waals surface area contributed by atoms with E-state index in [9.17, 15) is 4.79 Å². The Labute approximate surface area is 116 Å². The van der Waals surface area contributed by atoms with E-state index in [4.69, 9.17) is 10.5 Å². The molecule has 4 nitrogen and oxygen atoms in total. The average Bonchev–Trinajstić information content (AvgIpc) is 2.70. The zero-order valence-electron chi connectivity index (χ0n) is 11.4. The highest BCUT2D eigenvalue weighted by atomic mass is 35.5. The molecule has 0 bridgehead atoms. The molecule has 18 heavy (non-hydrogen) atoms. The number of likely N-dealkylation sites (tertiary alicyclic amines) is 1. The van der Waals surface area contributed by atoms with E-state index < -0.39 is 0 Å². The van der Waals surface area contributed by atoms with Gasteiger partial charge in [-0.3, -0.25) is 4.79 Å². The van der Waals surface area contributed by atoms with Crippen LogP contribution in [0.5, 0.6) is 0 Å². The van der Waals surface area contributed by atoms with E-state index in [-0.39, 0.29) is 23.7 Å². The fourth-order valence-electron chi connectivity index (χ4n) is 2.95. The van der Waals surface area contributed by atoms with Crippen molar-refractivity contribution in [3.8, 4) is 0 Å². The molecular weight excluding hydrogens is 252 g/mol. The van der Waals surface area contributed by atoms with Crippen LogP contribution >= 0.6 is 12.4 Å². The van der Waals surface area contributed by atoms with Gasteiger partial charge in [-0.05, 0) is 32.1 Å². The Morgan fingerprint density at radius 3 is 2.44 bits per heavy atom. The second-order valence-electron chi connectivity index (χ2n) is 5.60. The van der Waals surface area contributed by atoms with Crippen molar-refractivity contribution < 1.29 is 9.53 Å². The quantitative estimate of drug-likeness (QED) is 0.830. The molecule has 2 aliphatic heterocycles. The lowest BCUT2D eigenvalue weighted by atomic mass is 9.78. The van der Waals surface area contributed by atoms with Crippen molar-refractivity contribution in [1.82, 2.24) is 4.90 Å². The number of carbonyl (C=O) groups is 1. The highest BCUT2D eigenvalue weighted by Gasteiger charge is 2.44. The first-order chi connectivity index (χ1) is 8.10. The molecule has 1 amide bonds. The van der Waals surface area contributed by atoms with Gasteiger partial charge in [0.15, 0.2) is 0 Å². The Hall–Kier alpha value is -0.320. The lowest BCUT2D eigenvalue weighted by Crippen LogP contribution is -2.52. The standard InChI is InChI=1S/C13H24N2O2.ClH/c1-10-3-6-15(11(10)2)12(16)13(9-14)4-7-17-8-5-13;/h10-11H,3-9,14H2,1-2H3;1H. The van der Waals surface area contributed by atoms with Crippen molar-refractivity contribution in [1.29, 1.82) is 0 Å². The summed E-state index contributed by atoms with van der Waals surface area (Å²) in [6.07, 6.45) is 2.67. The lowest BCUT2D eigenvalue weighted by Gasteiger charge is -2.39. The monoisotopic (exact) mass is 276 g/mol. The SMILES string of the molecule is CC1CCN(C(=O)C2(CN)CCOCC2)C1C.Cl. The summed E-state index contributed by atoms with van der Waals surface area (Å²) in [7, 11) is 0. The van der Waals surface area contributed by atoms with Gasteiger partial charge in [0.25, 0.3) is 0 Å². The highest BCUT2D eigenvalue weighted by molar-refractivity contribution is 5.85. The van der Waals surface area contributed by atoms with Gasteiger partial charge in [-0.15, -0.1) is 12.4 Å². The smallest absolute Gasteiger partial charge is 0.230 e. The van der Waals surface area contributed by atoms with Crippen molar-refractivity contribution in [3.63, 3.8) is 0 Å². The van der Waals surface area contributed by atoms with E-state index >= 15 is 0 Å². The summed E-state index contributed by atoms with van der Waals surface area (Å²) in [4.78, 5) is 14.7. The van der Waals surface area contributed by atoms with Gasteiger partial charge in [-0.2, -0.15) is 0 Å². The molecule has 0 aliphatic carbocycles. The van der Waals surface area contributed by atoms with Crippen LogP contribution in [0.4, 0.5) is 0 Å². The first kappa shape index (κ1) is 15.7. The molecule has 2 atom stereocenters. The van der Waals surface area contributed by atoms with E-state index in [1.807, 2.05) is 4.90 Å². The third-order valence-electron chi connectivity index (χ3n) is 4.70. The number of ether oxygens (including phenoxy) is 1. The normalized spacial score (nSPS) is 30.9. The minimum Gasteiger partial charge on any atom is -0.381 e. The van der Waals surface area contributed by atoms with Gasteiger partial charge in [0.05, 0.1) is 5.41 Å². The van der Waals surface area contributed by atoms with Crippen LogP contribution in [-0.2, 0) is 9.53 Å². The number of hydrogen-bond donors (Lipinski definition) is 1. The molecule has 2 aliphatic rings. The van der Waals surface area contributed by atoms with Crippen molar-refractivity contribution in [2.24, 2.45) is 17.1 Å². The summed E-state index contributed by atoms with van der Waals surface area (Å²) in [5.74, 6) is 0.869. The number of hydrogen-bond acceptors (Lipinski definition) is 3. The third kappa shape index (κ3) is 2.65. The largest absolute Gasteiger partial charge is 0.381 e. The second kappa shape index (κ2) is 6.22. The van der Waals surface area contributed by atoms with Crippen LogP contribution in [0.2, 0.25) is 0 Å². The molecular formula is C13H25ClN2O2. The fraction of sp³-hybridized carbons (Fsp3) is 0.923. The lowest BCUT2D eigenvalue weighted by molar-refractivity contribution is -0.148. The Balaban J connectivity index is 0.00000162. The van der Waals surface area contributed by atoms with E-state index in [1.165, 1.54) is 0 Å². The van der Waals surface area contributed by atoms with Crippen LogP contribution in [0.1, 0.15) is 33.1 Å². The van der Waals surface area contributed by atoms with Crippen LogP contribution in [-0.4, -0.2) is 43.2 Å². The average molecular weight is 277 g/mol. The zero-order valence-corrected chi connectivity index (χ0v) is 12.2. The molecule has 2 N–H and O–H groups in total. The predicted molar refractivity (Wildman–Crippen MR) is 73.7 cm³/mol. The molecule has 2 saturated heterocycles. The Morgan fingerprint density at radius 2 is 2.00 bits per heavy atom. The maximum Gasteiger partial charge on any atom is 0.230 e. The number of nitrogens with zero attached hydrogens (tertiary/aromatic N) is 1. The summed E-state index contributed by atoms with van der Waals surface area (Å²) >= 11 is 0. The summed E-state index contributed by atoms with van der Waals surface area (Å²) < 4.78 is 5.36. The predicted octanol–water partition coefficient (Wildman–Crippen LogP) is 1.42. The fourth-order valence-corrected chi connectivity index (χ4v) is 2.95. The molecule has 0 radical (unpaired) electrons. The Bertz CT molecular complexity index is 293. The van der Waals surface area contributed by atoms with Gasteiger partial charge in [-0.25, -0.2) is 0 Å². The minimum absolute atomic E-state index is 0. The summed E-state index contributed by atoms with van der Waals surface area (Å²) in [6.45, 7) is 7.05. The topological polar surface area (TPSA) is 55.6 Å². The number of amides is 1. The van der Waals surface area contributed by atoms with Gasteiger partial charge >= 0.3 is 0 Å². The van der Waals surface area contributed by atoms with Crippen LogP contribution in [0.3, 0.4) is 0 Å². The molecule has 0 aromatic rings. The first-order valence-corrected chi connectivity index (χ1v) is 6.69. The second-order valence-corrected chi connectivity index (χ2v) is 5.60. The molecule has 2 rings (SSSR count). The molecule has 106 valence electrons. The van der Waals surface area contributed by atoms with Gasteiger partial charge in [-0.1, -0.05) is 6.92 Å². The molecule has 0 spiro atoms. The molecule has 2 unspecified atom stereocenters. The Kier molecular flexibility index (Phi) is 5.44. The number of nitrogens with two attached hydrogens (primary N) is 1. The Morgan fingerprint density at radius 1 is 1.39 bits per heavy atom. The summed E-state index contributed by atoms with van der Waals surface area (Å²) in [6, 6.07) is 0.355. The maximum absolute atomic E-state index is 12.7. The van der Waals surface area contributed by atoms with Crippen molar-refractivity contribution in [3.05, 3.63) is 0 Å². The van der Waals surface area contributed by atoms with Gasteiger partial charge in [0, 0.05) is 32.3 Å². The number of halogens is 1. The zero-order chi connectivity index (χ0) is 12.5. The van der Waals surface area contributed by atoms with Crippen LogP contribution in [0.15, 0.2) is 0 Å². The van der Waals surface area contributed by atoms with Crippen LogP contribution in [0, 0.1) is 11.3 Å². The molecule has 2 fully saturated rings. The molecule has 2 heterocycles. The number of carbonyl (C=O) groups excluding carboxylic acids is 1. The molecule has 0 saturated carbocycles.